The van der Waals surface area contributed by atoms with Crippen LogP contribution in [-0.2, 0) is 6.54 Å². The maximum Gasteiger partial charge on any atom is 0.0572 e. The first kappa shape index (κ1) is 14.5. The lowest BCUT2D eigenvalue weighted by atomic mass is 10.1. The molecule has 0 aromatic carbocycles. The fourth-order valence-corrected chi connectivity index (χ4v) is 2.11. The van der Waals surface area contributed by atoms with Gasteiger partial charge in [-0.2, -0.15) is 0 Å². The number of aromatic nitrogens is 2. The van der Waals surface area contributed by atoms with Crippen LogP contribution in [0.1, 0.15) is 37.6 Å². The van der Waals surface area contributed by atoms with Gasteiger partial charge in [0.2, 0.25) is 0 Å². The van der Waals surface area contributed by atoms with Crippen LogP contribution in [0.25, 0.3) is 0 Å². The Bertz CT molecular complexity index is 510. The lowest BCUT2D eigenvalue weighted by Crippen LogP contribution is -2.22. The third kappa shape index (κ3) is 3.54. The molecule has 0 fully saturated rings. The second-order valence-electron chi connectivity index (χ2n) is 4.83. The largest absolute Gasteiger partial charge is 0.366 e. The first-order chi connectivity index (χ1) is 9.74. The van der Waals surface area contributed by atoms with Crippen molar-refractivity contribution in [2.45, 2.75) is 32.9 Å². The van der Waals surface area contributed by atoms with Crippen LogP contribution in [0.2, 0.25) is 0 Å². The van der Waals surface area contributed by atoms with Crippen molar-refractivity contribution in [2.24, 2.45) is 5.73 Å². The van der Waals surface area contributed by atoms with E-state index in [1.165, 1.54) is 5.56 Å². The average Bonchev–Trinajstić information content (AvgIpc) is 2.53. The summed E-state index contributed by atoms with van der Waals surface area (Å²) in [6, 6.07) is 8.23. The number of nitrogens with two attached hydrogens (primary N) is 1. The van der Waals surface area contributed by atoms with Crippen LogP contribution in [0.15, 0.2) is 42.9 Å². The molecule has 0 aliphatic rings. The van der Waals surface area contributed by atoms with Crippen LogP contribution < -0.4 is 10.6 Å². The summed E-state index contributed by atoms with van der Waals surface area (Å²) in [5.74, 6) is 0. The molecule has 0 spiro atoms. The Balaban J connectivity index is 2.11. The fourth-order valence-electron chi connectivity index (χ4n) is 2.11. The molecule has 0 aliphatic carbocycles. The average molecular weight is 270 g/mol. The molecule has 2 rings (SSSR count). The zero-order chi connectivity index (χ0) is 14.4. The second-order valence-corrected chi connectivity index (χ2v) is 4.83. The first-order valence-electron chi connectivity index (χ1n) is 7.10. The highest BCUT2D eigenvalue weighted by atomic mass is 15.1. The topological polar surface area (TPSA) is 55.0 Å². The van der Waals surface area contributed by atoms with Gasteiger partial charge in [-0.1, -0.05) is 6.92 Å². The molecule has 20 heavy (non-hydrogen) atoms. The van der Waals surface area contributed by atoms with Crippen molar-refractivity contribution in [1.82, 2.24) is 9.97 Å². The number of anilines is 1. The molecule has 0 bridgehead atoms. The smallest absolute Gasteiger partial charge is 0.0572 e. The van der Waals surface area contributed by atoms with Gasteiger partial charge >= 0.3 is 0 Å². The van der Waals surface area contributed by atoms with Gasteiger partial charge in [0.05, 0.1) is 17.6 Å². The van der Waals surface area contributed by atoms with Crippen LogP contribution in [-0.4, -0.2) is 16.5 Å². The quantitative estimate of drug-likeness (QED) is 0.877. The summed E-state index contributed by atoms with van der Waals surface area (Å²) >= 11 is 0. The number of rotatable bonds is 6. The third-order valence-corrected chi connectivity index (χ3v) is 3.46. The van der Waals surface area contributed by atoms with E-state index in [2.05, 4.69) is 34.8 Å². The lowest BCUT2D eigenvalue weighted by molar-refractivity contribution is 0.674. The fraction of sp³-hybridized carbons (Fsp3) is 0.375. The van der Waals surface area contributed by atoms with Gasteiger partial charge in [-0.15, -0.1) is 0 Å². The van der Waals surface area contributed by atoms with Crippen molar-refractivity contribution in [3.63, 3.8) is 0 Å². The van der Waals surface area contributed by atoms with E-state index in [0.717, 1.165) is 30.9 Å². The Morgan fingerprint density at radius 3 is 2.45 bits per heavy atom. The van der Waals surface area contributed by atoms with E-state index in [4.69, 9.17) is 5.73 Å². The van der Waals surface area contributed by atoms with E-state index in [1.807, 2.05) is 36.8 Å². The van der Waals surface area contributed by atoms with Gasteiger partial charge < -0.3 is 10.6 Å². The van der Waals surface area contributed by atoms with Crippen LogP contribution in [0.5, 0.6) is 0 Å². The molecule has 2 N–H and O–H groups in total. The lowest BCUT2D eigenvalue weighted by Gasteiger charge is -2.23. The number of hydrogen-bond donors (Lipinski definition) is 1. The monoisotopic (exact) mass is 270 g/mol. The summed E-state index contributed by atoms with van der Waals surface area (Å²) in [6.45, 7) is 6.01. The van der Waals surface area contributed by atoms with E-state index >= 15 is 0 Å². The maximum atomic E-state index is 5.99. The molecule has 0 radical (unpaired) electrons. The first-order valence-corrected chi connectivity index (χ1v) is 7.10. The van der Waals surface area contributed by atoms with Crippen molar-refractivity contribution in [3.05, 3.63) is 54.1 Å². The molecule has 4 nitrogen and oxygen atoms in total. The van der Waals surface area contributed by atoms with Crippen LogP contribution in [0.3, 0.4) is 0 Å². The number of hydrogen-bond acceptors (Lipinski definition) is 4. The second kappa shape index (κ2) is 7.01. The van der Waals surface area contributed by atoms with Gasteiger partial charge in [0.15, 0.2) is 0 Å². The molecule has 0 saturated heterocycles. The summed E-state index contributed by atoms with van der Waals surface area (Å²) in [6.07, 6.45) is 6.46. The predicted octanol–water partition coefficient (Wildman–Crippen LogP) is 2.91. The Hall–Kier alpha value is -1.94. The Morgan fingerprint density at radius 1 is 1.15 bits per heavy atom. The molecule has 0 amide bonds. The Labute approximate surface area is 120 Å². The van der Waals surface area contributed by atoms with Gasteiger partial charge in [-0.05, 0) is 43.2 Å². The van der Waals surface area contributed by atoms with Gasteiger partial charge in [-0.25, -0.2) is 0 Å². The van der Waals surface area contributed by atoms with Crippen LogP contribution in [0, 0.1) is 0 Å². The molecule has 0 aliphatic heterocycles. The van der Waals surface area contributed by atoms with E-state index in [-0.39, 0.29) is 6.04 Å². The molecule has 2 aromatic heterocycles. The van der Waals surface area contributed by atoms with Gasteiger partial charge in [0.25, 0.3) is 0 Å². The van der Waals surface area contributed by atoms with Gasteiger partial charge in [0.1, 0.15) is 0 Å². The van der Waals surface area contributed by atoms with E-state index in [1.54, 1.807) is 0 Å². The number of nitrogens with zero attached hydrogens (tertiary/aromatic N) is 3. The predicted molar refractivity (Wildman–Crippen MR) is 82.4 cm³/mol. The summed E-state index contributed by atoms with van der Waals surface area (Å²) in [5, 5.41) is 0. The zero-order valence-corrected chi connectivity index (χ0v) is 12.2. The molecule has 2 heterocycles. The third-order valence-electron chi connectivity index (χ3n) is 3.46. The minimum Gasteiger partial charge on any atom is -0.366 e. The van der Waals surface area contributed by atoms with Gasteiger partial charge in [0, 0.05) is 31.5 Å². The normalized spacial score (nSPS) is 12.2. The highest BCUT2D eigenvalue weighted by Crippen LogP contribution is 2.18. The summed E-state index contributed by atoms with van der Waals surface area (Å²) in [4.78, 5) is 10.8. The van der Waals surface area contributed by atoms with E-state index in [0.29, 0.717) is 0 Å². The standard InChI is InChI=1S/C16H22N4/c1-3-15(17)16-6-5-14(11-19-16)20(4-2)12-13-7-9-18-10-8-13/h5-11,15H,3-4,12,17H2,1-2H3/t15-/m0/s1. The SMILES string of the molecule is CC[C@H](N)c1ccc(N(CC)Cc2ccncc2)cn1. The van der Waals surface area contributed by atoms with Crippen molar-refractivity contribution >= 4 is 5.69 Å². The Morgan fingerprint density at radius 2 is 1.90 bits per heavy atom. The molecule has 4 heteroatoms. The highest BCUT2D eigenvalue weighted by Gasteiger charge is 2.08. The minimum absolute atomic E-state index is 0.0272. The molecule has 106 valence electrons. The molecular formula is C16H22N4. The van der Waals surface area contributed by atoms with Crippen LogP contribution >= 0.6 is 0 Å². The van der Waals surface area contributed by atoms with E-state index < -0.39 is 0 Å². The van der Waals surface area contributed by atoms with Gasteiger partial charge in [-0.3, -0.25) is 9.97 Å². The number of pyridine rings is 2. The summed E-state index contributed by atoms with van der Waals surface area (Å²) in [7, 11) is 0. The van der Waals surface area contributed by atoms with Crippen molar-refractivity contribution in [1.29, 1.82) is 0 Å². The Kier molecular flexibility index (Phi) is 5.07. The zero-order valence-electron chi connectivity index (χ0n) is 12.2. The van der Waals surface area contributed by atoms with Crippen molar-refractivity contribution in [2.75, 3.05) is 11.4 Å². The van der Waals surface area contributed by atoms with Crippen molar-refractivity contribution in [3.8, 4) is 0 Å². The van der Waals surface area contributed by atoms with Crippen LogP contribution in [0.4, 0.5) is 5.69 Å². The molecular weight excluding hydrogens is 248 g/mol. The van der Waals surface area contributed by atoms with Crippen molar-refractivity contribution < 1.29 is 0 Å². The maximum absolute atomic E-state index is 5.99. The summed E-state index contributed by atoms with van der Waals surface area (Å²) < 4.78 is 0. The minimum atomic E-state index is 0.0272. The van der Waals surface area contributed by atoms with E-state index in [9.17, 15) is 0 Å². The highest BCUT2D eigenvalue weighted by molar-refractivity contribution is 5.45. The molecule has 2 aromatic rings. The molecule has 1 atom stereocenters. The molecule has 0 saturated carbocycles. The summed E-state index contributed by atoms with van der Waals surface area (Å²) in [5.41, 5.74) is 9.32. The molecule has 0 unspecified atom stereocenters.